The summed E-state index contributed by atoms with van der Waals surface area (Å²) in [4.78, 5) is 56.2. The summed E-state index contributed by atoms with van der Waals surface area (Å²) in [6, 6.07) is 0.0883. The van der Waals surface area contributed by atoms with Gasteiger partial charge in [-0.2, -0.15) is 0 Å². The monoisotopic (exact) mass is 788 g/mol. The molecular formula is C40H81N7O6S. The second kappa shape index (κ2) is 32.7. The van der Waals surface area contributed by atoms with Gasteiger partial charge in [-0.1, -0.05) is 94.6 Å². The van der Waals surface area contributed by atoms with Crippen LogP contribution in [0, 0.1) is 17.3 Å². The molecule has 13 nitrogen and oxygen atoms in total. The molecule has 4 unspecified atom stereocenters. The van der Waals surface area contributed by atoms with Gasteiger partial charge >= 0.3 is 0 Å². The topological polar surface area (TPSA) is 160 Å². The van der Waals surface area contributed by atoms with E-state index in [2.05, 4.69) is 106 Å². The van der Waals surface area contributed by atoms with Crippen LogP contribution in [0.2, 0.25) is 0 Å². The molecular weight excluding hydrogens is 707 g/mol. The molecule has 318 valence electrons. The third-order valence-corrected chi connectivity index (χ3v) is 9.80. The Bertz CT molecular complexity index is 1060. The smallest absolute Gasteiger partial charge is 0.289 e. The molecule has 3 amide bonds. The molecule has 14 heteroatoms. The minimum absolute atomic E-state index is 0.0200. The summed E-state index contributed by atoms with van der Waals surface area (Å²) in [6.07, 6.45) is 8.79. The van der Waals surface area contributed by atoms with Gasteiger partial charge in [0.1, 0.15) is 6.29 Å². The second-order valence-corrected chi connectivity index (χ2v) is 16.8. The minimum atomic E-state index is -0.959. The molecule has 3 fully saturated rings. The average Bonchev–Trinajstić information content (AvgIpc) is 3.68. The Hall–Kier alpha value is -2.52. The Kier molecular flexibility index (Phi) is 33.8. The Morgan fingerprint density at radius 3 is 1.87 bits per heavy atom. The van der Waals surface area contributed by atoms with Crippen molar-refractivity contribution in [2.45, 2.75) is 146 Å². The summed E-state index contributed by atoms with van der Waals surface area (Å²) in [5, 5.41) is 11.0. The summed E-state index contributed by atoms with van der Waals surface area (Å²) in [5.41, 5.74) is 0.185. The predicted molar refractivity (Wildman–Crippen MR) is 225 cm³/mol. The molecule has 4 atom stereocenters. The molecule has 1 aliphatic carbocycles. The SMILES string of the molecule is C=CCNC(=O)C(=O)C(CC1CC1)NC.CC.CC(C)C.CCC.CNC(CN1CCN(C(C)C)S1=O)C(C)(C)C.O=CNCC(=O)N1CCCC1C=O. The Morgan fingerprint density at radius 2 is 1.48 bits per heavy atom. The lowest BCUT2D eigenvalue weighted by Gasteiger charge is -2.33. The third-order valence-electron chi connectivity index (χ3n) is 8.02. The molecule has 2 heterocycles. The number of nitrogens with zero attached hydrogens (tertiary/aromatic N) is 3. The maximum Gasteiger partial charge on any atom is 0.289 e. The van der Waals surface area contributed by atoms with Crippen LogP contribution in [0.5, 0.6) is 0 Å². The van der Waals surface area contributed by atoms with Gasteiger partial charge in [-0.05, 0) is 64.5 Å². The van der Waals surface area contributed by atoms with Crippen molar-refractivity contribution >= 4 is 41.5 Å². The third kappa shape index (κ3) is 25.5. The van der Waals surface area contributed by atoms with E-state index in [1.165, 1.54) is 24.2 Å². The zero-order chi connectivity index (χ0) is 42.4. The number of hydrogen-bond acceptors (Lipinski definition) is 8. The van der Waals surface area contributed by atoms with E-state index in [0.29, 0.717) is 37.5 Å². The van der Waals surface area contributed by atoms with Gasteiger partial charge in [0, 0.05) is 44.8 Å². The van der Waals surface area contributed by atoms with Gasteiger partial charge in [0.2, 0.25) is 18.1 Å². The van der Waals surface area contributed by atoms with Crippen LogP contribution in [0.1, 0.15) is 122 Å². The summed E-state index contributed by atoms with van der Waals surface area (Å²) in [6.45, 7) is 32.7. The fourth-order valence-corrected chi connectivity index (χ4v) is 6.45. The molecule has 3 rings (SSSR count). The standard InChI is InChI=1S/C12H27N3OS.C11H18N2O2.C8H12N2O3.C4H10.C3H8.C2H6/c1-10(2)15-8-7-14(17(15)16)9-11(13-6)12(3,4)5;1-3-6-13-11(15)10(14)9(12-2)7-8-4-5-8;11-5-7-2-1-3-10(7)8(13)4-9-6-12;1-4(2)3;1-3-2;1-2/h10-11,13H,7-9H2,1-6H3;3,8-9,12H,1,4-7H2,2H3,(H,13,15);5-7H,1-4H2,(H,9,12);4H,1-3H3;3H2,1-2H3;1-2H3. The molecule has 0 aromatic heterocycles. The van der Waals surface area contributed by atoms with Crippen LogP contribution in [-0.4, -0.2) is 126 Å². The van der Waals surface area contributed by atoms with Crippen LogP contribution in [0.4, 0.5) is 0 Å². The molecule has 0 spiro atoms. The number of amides is 3. The number of likely N-dealkylation sites (tertiary alicyclic amines) is 1. The van der Waals surface area contributed by atoms with Crippen molar-refractivity contribution < 1.29 is 28.2 Å². The number of rotatable bonds is 15. The first-order valence-electron chi connectivity index (χ1n) is 20.0. The number of aldehydes is 1. The number of nitrogens with one attached hydrogen (secondary N) is 4. The molecule has 0 aromatic carbocycles. The Labute approximate surface area is 332 Å². The molecule has 0 radical (unpaired) electrons. The second-order valence-electron chi connectivity index (χ2n) is 15.3. The normalized spacial score (nSPS) is 19.0. The highest BCUT2D eigenvalue weighted by atomic mass is 32.2. The van der Waals surface area contributed by atoms with Crippen LogP contribution in [0.15, 0.2) is 12.7 Å². The summed E-state index contributed by atoms with van der Waals surface area (Å²) >= 11 is -0.959. The van der Waals surface area contributed by atoms with Crippen LogP contribution in [-0.2, 0) is 35.1 Å². The van der Waals surface area contributed by atoms with Gasteiger partial charge in [0.25, 0.3) is 5.91 Å². The lowest BCUT2D eigenvalue weighted by molar-refractivity contribution is -0.139. The summed E-state index contributed by atoms with van der Waals surface area (Å²) < 4.78 is 16.4. The van der Waals surface area contributed by atoms with Crippen molar-refractivity contribution in [2.24, 2.45) is 17.3 Å². The van der Waals surface area contributed by atoms with E-state index in [1.54, 1.807) is 13.1 Å². The maximum absolute atomic E-state index is 12.3. The first-order chi connectivity index (χ1) is 25.4. The lowest BCUT2D eigenvalue weighted by atomic mass is 9.87. The van der Waals surface area contributed by atoms with Crippen LogP contribution >= 0.6 is 0 Å². The van der Waals surface area contributed by atoms with Crippen molar-refractivity contribution in [1.82, 2.24) is 34.8 Å². The first-order valence-corrected chi connectivity index (χ1v) is 21.1. The van der Waals surface area contributed by atoms with E-state index in [9.17, 15) is 28.2 Å². The number of Topliss-reactive ketones (excluding diaryl/α,β-unsaturated/α-hetero) is 1. The molecule has 4 N–H and O–H groups in total. The van der Waals surface area contributed by atoms with Gasteiger partial charge in [-0.15, -0.1) is 6.58 Å². The van der Waals surface area contributed by atoms with E-state index in [-0.39, 0.29) is 35.7 Å². The lowest BCUT2D eigenvalue weighted by Crippen LogP contribution is -2.47. The molecule has 1 saturated carbocycles. The largest absolute Gasteiger partial charge is 0.350 e. The molecule has 3 aliphatic rings. The van der Waals surface area contributed by atoms with E-state index in [0.717, 1.165) is 51.1 Å². The highest BCUT2D eigenvalue weighted by molar-refractivity contribution is 7.80. The van der Waals surface area contributed by atoms with Crippen molar-refractivity contribution in [2.75, 3.05) is 53.4 Å². The van der Waals surface area contributed by atoms with Crippen molar-refractivity contribution in [3.63, 3.8) is 0 Å². The highest BCUT2D eigenvalue weighted by Crippen LogP contribution is 2.33. The van der Waals surface area contributed by atoms with Gasteiger partial charge in [-0.25, -0.2) is 12.8 Å². The Morgan fingerprint density at radius 1 is 0.926 bits per heavy atom. The zero-order valence-corrected chi connectivity index (χ0v) is 37.4. The summed E-state index contributed by atoms with van der Waals surface area (Å²) in [5.74, 6) is 0.376. The van der Waals surface area contributed by atoms with Crippen molar-refractivity contribution in [3.05, 3.63) is 12.7 Å². The number of ketones is 1. The van der Waals surface area contributed by atoms with E-state index < -0.39 is 17.1 Å². The zero-order valence-electron chi connectivity index (χ0n) is 36.6. The van der Waals surface area contributed by atoms with Crippen LogP contribution < -0.4 is 21.3 Å². The highest BCUT2D eigenvalue weighted by Gasteiger charge is 2.35. The molecule has 0 bridgehead atoms. The predicted octanol–water partition coefficient (Wildman–Crippen LogP) is 4.50. The Balaban J connectivity index is -0.000000653. The van der Waals surface area contributed by atoms with Crippen LogP contribution in [0.3, 0.4) is 0 Å². The number of carbonyl (C=O) groups is 5. The molecule has 0 aromatic rings. The van der Waals surface area contributed by atoms with Gasteiger partial charge in [0.15, 0.2) is 11.2 Å². The van der Waals surface area contributed by atoms with Gasteiger partial charge < -0.3 is 31.0 Å². The summed E-state index contributed by atoms with van der Waals surface area (Å²) in [7, 11) is 3.70. The first kappa shape index (κ1) is 55.8. The van der Waals surface area contributed by atoms with E-state index in [1.807, 2.05) is 20.9 Å². The molecule has 2 saturated heterocycles. The van der Waals surface area contributed by atoms with Crippen molar-refractivity contribution in [3.8, 4) is 0 Å². The van der Waals surface area contributed by atoms with Gasteiger partial charge in [0.05, 0.1) is 18.6 Å². The van der Waals surface area contributed by atoms with Gasteiger partial charge in [-0.3, -0.25) is 19.2 Å². The van der Waals surface area contributed by atoms with E-state index >= 15 is 0 Å². The maximum atomic E-state index is 12.3. The number of likely N-dealkylation sites (N-methyl/N-ethyl adjacent to an activating group) is 2. The number of carbonyl (C=O) groups excluding carboxylic acids is 5. The number of hydrogen-bond donors (Lipinski definition) is 4. The molecule has 2 aliphatic heterocycles. The molecule has 54 heavy (non-hydrogen) atoms. The quantitative estimate of drug-likeness (QED) is 0.107. The van der Waals surface area contributed by atoms with E-state index in [4.69, 9.17) is 0 Å². The average molecular weight is 788 g/mol. The van der Waals surface area contributed by atoms with Crippen LogP contribution in [0.25, 0.3) is 0 Å². The minimum Gasteiger partial charge on any atom is -0.350 e. The fourth-order valence-electron chi connectivity index (χ4n) is 5.04. The van der Waals surface area contributed by atoms with Crippen molar-refractivity contribution in [1.29, 1.82) is 0 Å². The fraction of sp³-hybridized carbons (Fsp3) is 0.825.